The molecule has 4 nitrogen and oxygen atoms in total. The minimum Gasteiger partial charge on any atom is -0.497 e. The zero-order valence-corrected chi connectivity index (χ0v) is 12.9. The summed E-state index contributed by atoms with van der Waals surface area (Å²) in [6.07, 6.45) is 1.67. The number of hydrogen-bond acceptors (Lipinski definition) is 3. The van der Waals surface area contributed by atoms with Crippen molar-refractivity contribution in [3.8, 4) is 5.75 Å². The summed E-state index contributed by atoms with van der Waals surface area (Å²) in [7, 11) is 5.50. The molecule has 2 aromatic rings. The largest absolute Gasteiger partial charge is 0.497 e. The van der Waals surface area contributed by atoms with Crippen molar-refractivity contribution in [1.82, 2.24) is 0 Å². The SMILES string of the molecule is COc1ccc(/C(=C\c2ccc(N(C)C)cc2)C(=O)O)cc1. The molecule has 0 spiro atoms. The van der Waals surface area contributed by atoms with E-state index in [-0.39, 0.29) is 5.57 Å². The van der Waals surface area contributed by atoms with E-state index in [0.29, 0.717) is 11.3 Å². The predicted octanol–water partition coefficient (Wildman–Crippen LogP) is 3.39. The standard InChI is InChI=1S/C18H19NO3/c1-19(2)15-8-4-13(5-9-15)12-17(18(20)21)14-6-10-16(22-3)11-7-14/h4-12H,1-3H3,(H,20,21)/b17-12+. The Balaban J connectivity index is 2.35. The van der Waals surface area contributed by atoms with Gasteiger partial charge in [-0.15, -0.1) is 0 Å². The highest BCUT2D eigenvalue weighted by atomic mass is 16.5. The van der Waals surface area contributed by atoms with Crippen LogP contribution in [0.25, 0.3) is 11.6 Å². The fourth-order valence-corrected chi connectivity index (χ4v) is 2.07. The van der Waals surface area contributed by atoms with Gasteiger partial charge in [0.25, 0.3) is 0 Å². The monoisotopic (exact) mass is 297 g/mol. The Morgan fingerprint density at radius 3 is 2.09 bits per heavy atom. The molecule has 0 radical (unpaired) electrons. The maximum atomic E-state index is 11.5. The average Bonchev–Trinajstić information content (AvgIpc) is 2.53. The maximum absolute atomic E-state index is 11.5. The topological polar surface area (TPSA) is 49.8 Å². The second-order valence-electron chi connectivity index (χ2n) is 5.08. The number of ether oxygens (including phenoxy) is 1. The molecule has 114 valence electrons. The van der Waals surface area contributed by atoms with E-state index < -0.39 is 5.97 Å². The van der Waals surface area contributed by atoms with Gasteiger partial charge in [-0.1, -0.05) is 24.3 Å². The van der Waals surface area contributed by atoms with Gasteiger partial charge in [0.05, 0.1) is 12.7 Å². The molecule has 0 fully saturated rings. The van der Waals surface area contributed by atoms with Gasteiger partial charge in [-0.05, 0) is 41.5 Å². The third kappa shape index (κ3) is 3.67. The Kier molecular flexibility index (Phi) is 4.84. The summed E-state index contributed by atoms with van der Waals surface area (Å²) in [4.78, 5) is 13.5. The Morgan fingerprint density at radius 1 is 1.05 bits per heavy atom. The minimum atomic E-state index is -0.957. The van der Waals surface area contributed by atoms with E-state index in [1.807, 2.05) is 43.3 Å². The quantitative estimate of drug-likeness (QED) is 0.679. The van der Waals surface area contributed by atoms with E-state index in [1.165, 1.54) is 0 Å². The zero-order valence-electron chi connectivity index (χ0n) is 12.9. The molecule has 0 amide bonds. The van der Waals surface area contributed by atoms with Gasteiger partial charge in [0.15, 0.2) is 0 Å². The fourth-order valence-electron chi connectivity index (χ4n) is 2.07. The summed E-state index contributed by atoms with van der Waals surface area (Å²) in [5.74, 6) is -0.259. The number of methoxy groups -OCH3 is 1. The number of anilines is 1. The molecule has 0 aliphatic rings. The number of carbonyl (C=O) groups is 1. The third-order valence-corrected chi connectivity index (χ3v) is 3.35. The van der Waals surface area contributed by atoms with Crippen molar-refractivity contribution in [3.05, 3.63) is 59.7 Å². The van der Waals surface area contributed by atoms with Crippen LogP contribution in [0.1, 0.15) is 11.1 Å². The molecule has 0 bridgehead atoms. The first-order valence-electron chi connectivity index (χ1n) is 6.88. The third-order valence-electron chi connectivity index (χ3n) is 3.35. The van der Waals surface area contributed by atoms with Crippen molar-refractivity contribution >= 4 is 23.3 Å². The second-order valence-corrected chi connectivity index (χ2v) is 5.08. The molecule has 0 aliphatic carbocycles. The van der Waals surface area contributed by atoms with Crippen LogP contribution in [0.3, 0.4) is 0 Å². The summed E-state index contributed by atoms with van der Waals surface area (Å²) >= 11 is 0. The van der Waals surface area contributed by atoms with Gasteiger partial charge in [-0.25, -0.2) is 4.79 Å². The molecule has 0 aromatic heterocycles. The summed E-state index contributed by atoms with van der Waals surface area (Å²) in [6.45, 7) is 0. The summed E-state index contributed by atoms with van der Waals surface area (Å²) < 4.78 is 5.09. The van der Waals surface area contributed by atoms with Crippen LogP contribution in [-0.4, -0.2) is 32.3 Å². The lowest BCUT2D eigenvalue weighted by atomic mass is 10.0. The molecule has 0 saturated heterocycles. The van der Waals surface area contributed by atoms with Crippen LogP contribution >= 0.6 is 0 Å². The van der Waals surface area contributed by atoms with Gasteiger partial charge < -0.3 is 14.7 Å². The maximum Gasteiger partial charge on any atom is 0.336 e. The number of nitrogens with zero attached hydrogens (tertiary/aromatic N) is 1. The molecule has 4 heteroatoms. The summed E-state index contributed by atoms with van der Waals surface area (Å²) in [6, 6.07) is 14.7. The predicted molar refractivity (Wildman–Crippen MR) is 89.3 cm³/mol. The minimum absolute atomic E-state index is 0.250. The number of aliphatic carboxylic acids is 1. The Bertz CT molecular complexity index is 670. The van der Waals surface area contributed by atoms with E-state index >= 15 is 0 Å². The lowest BCUT2D eigenvalue weighted by molar-refractivity contribution is -0.130. The molecule has 1 N–H and O–H groups in total. The van der Waals surface area contributed by atoms with Crippen LogP contribution in [0.2, 0.25) is 0 Å². The van der Waals surface area contributed by atoms with Gasteiger partial charge in [0.2, 0.25) is 0 Å². The van der Waals surface area contributed by atoms with Crippen LogP contribution in [0, 0.1) is 0 Å². The van der Waals surface area contributed by atoms with E-state index in [2.05, 4.69) is 0 Å². The van der Waals surface area contributed by atoms with Crippen molar-refractivity contribution in [2.24, 2.45) is 0 Å². The molecule has 0 saturated carbocycles. The number of carboxylic acids is 1. The summed E-state index contributed by atoms with van der Waals surface area (Å²) in [5, 5.41) is 9.45. The van der Waals surface area contributed by atoms with Gasteiger partial charge in [-0.3, -0.25) is 0 Å². The molecule has 0 atom stereocenters. The molecule has 0 unspecified atom stereocenters. The van der Waals surface area contributed by atoms with E-state index in [4.69, 9.17) is 4.74 Å². The van der Waals surface area contributed by atoms with Crippen molar-refractivity contribution in [1.29, 1.82) is 0 Å². The first kappa shape index (κ1) is 15.6. The van der Waals surface area contributed by atoms with Gasteiger partial charge in [-0.2, -0.15) is 0 Å². The van der Waals surface area contributed by atoms with Crippen LogP contribution in [0.4, 0.5) is 5.69 Å². The van der Waals surface area contributed by atoms with Crippen LogP contribution in [-0.2, 0) is 4.79 Å². The zero-order chi connectivity index (χ0) is 16.1. The Morgan fingerprint density at radius 2 is 1.64 bits per heavy atom. The number of benzene rings is 2. The van der Waals surface area contributed by atoms with Crippen LogP contribution in [0.5, 0.6) is 5.75 Å². The molecular formula is C18H19NO3. The Labute approximate surface area is 130 Å². The van der Waals surface area contributed by atoms with Crippen LogP contribution in [0.15, 0.2) is 48.5 Å². The molecule has 22 heavy (non-hydrogen) atoms. The number of rotatable bonds is 5. The smallest absolute Gasteiger partial charge is 0.336 e. The van der Waals surface area contributed by atoms with Gasteiger partial charge >= 0.3 is 5.97 Å². The van der Waals surface area contributed by atoms with Crippen molar-refractivity contribution in [2.45, 2.75) is 0 Å². The Hall–Kier alpha value is -2.75. The van der Waals surface area contributed by atoms with Crippen molar-refractivity contribution < 1.29 is 14.6 Å². The van der Waals surface area contributed by atoms with Crippen LogP contribution < -0.4 is 9.64 Å². The molecule has 0 heterocycles. The van der Waals surface area contributed by atoms with Crippen molar-refractivity contribution in [3.63, 3.8) is 0 Å². The van der Waals surface area contributed by atoms with E-state index in [1.54, 1.807) is 37.5 Å². The molecule has 2 aromatic carbocycles. The lowest BCUT2D eigenvalue weighted by Gasteiger charge is -2.12. The first-order chi connectivity index (χ1) is 10.5. The lowest BCUT2D eigenvalue weighted by Crippen LogP contribution is -2.08. The second kappa shape index (κ2) is 6.80. The number of hydrogen-bond donors (Lipinski definition) is 1. The highest BCUT2D eigenvalue weighted by molar-refractivity contribution is 6.20. The number of carboxylic acid groups (broad SMARTS) is 1. The normalized spacial score (nSPS) is 11.1. The molecule has 2 rings (SSSR count). The summed E-state index contributed by atoms with van der Waals surface area (Å²) in [5.41, 5.74) is 2.81. The fraction of sp³-hybridized carbons (Fsp3) is 0.167. The van der Waals surface area contributed by atoms with E-state index in [9.17, 15) is 9.90 Å². The highest BCUT2D eigenvalue weighted by Crippen LogP contribution is 2.22. The average molecular weight is 297 g/mol. The van der Waals surface area contributed by atoms with Gasteiger partial charge in [0.1, 0.15) is 5.75 Å². The van der Waals surface area contributed by atoms with Crippen molar-refractivity contribution in [2.75, 3.05) is 26.1 Å². The van der Waals surface area contributed by atoms with Gasteiger partial charge in [0, 0.05) is 19.8 Å². The molecular weight excluding hydrogens is 278 g/mol. The molecule has 0 aliphatic heterocycles. The first-order valence-corrected chi connectivity index (χ1v) is 6.88. The van der Waals surface area contributed by atoms with E-state index in [0.717, 1.165) is 11.3 Å². The highest BCUT2D eigenvalue weighted by Gasteiger charge is 2.10.